The van der Waals surface area contributed by atoms with E-state index >= 15 is 0 Å². The van der Waals surface area contributed by atoms with E-state index in [1.54, 1.807) is 0 Å². The van der Waals surface area contributed by atoms with Gasteiger partial charge in [0.2, 0.25) is 0 Å². The van der Waals surface area contributed by atoms with E-state index in [-0.39, 0.29) is 17.8 Å². The average molecular weight is 332 g/mol. The summed E-state index contributed by atoms with van der Waals surface area (Å²) in [5.41, 5.74) is 10.2. The zero-order valence-electron chi connectivity index (χ0n) is 13.9. The second kappa shape index (κ2) is 7.43. The predicted octanol–water partition coefficient (Wildman–Crippen LogP) is 3.73. The van der Waals surface area contributed by atoms with Crippen LogP contribution in [0.3, 0.4) is 0 Å². The highest BCUT2D eigenvalue weighted by Gasteiger charge is 2.33. The Morgan fingerprint density at radius 1 is 1.22 bits per heavy atom. The molecule has 1 aromatic carbocycles. The van der Waals surface area contributed by atoms with Crippen molar-refractivity contribution in [2.75, 3.05) is 13.1 Å². The fourth-order valence-corrected chi connectivity index (χ4v) is 3.26. The van der Waals surface area contributed by atoms with Crippen LogP contribution in [0.2, 0.25) is 0 Å². The molecule has 1 aliphatic heterocycles. The predicted molar refractivity (Wildman–Crippen MR) is 98.6 cm³/mol. The van der Waals surface area contributed by atoms with Gasteiger partial charge in [0.1, 0.15) is 0 Å². The maximum Gasteiger partial charge on any atom is 0.0346 e. The maximum absolute atomic E-state index is 6.23. The zero-order chi connectivity index (χ0) is 15.6. The smallest absolute Gasteiger partial charge is 0.0346 e. The maximum atomic E-state index is 6.23. The van der Waals surface area contributed by atoms with Gasteiger partial charge in [-0.15, -0.1) is 12.4 Å². The summed E-state index contributed by atoms with van der Waals surface area (Å²) in [6.07, 6.45) is 4.81. The van der Waals surface area contributed by atoms with Gasteiger partial charge in [0, 0.05) is 38.1 Å². The molecule has 2 aromatic rings. The number of likely N-dealkylation sites (tertiary alicyclic amines) is 1. The fourth-order valence-electron chi connectivity index (χ4n) is 3.26. The van der Waals surface area contributed by atoms with Gasteiger partial charge in [0.15, 0.2) is 0 Å². The first-order valence-electron chi connectivity index (χ1n) is 8.02. The van der Waals surface area contributed by atoms with Crippen molar-refractivity contribution in [2.24, 2.45) is 11.1 Å². The number of nitrogens with zero attached hydrogens (tertiary/aromatic N) is 2. The van der Waals surface area contributed by atoms with E-state index in [2.05, 4.69) is 54.1 Å². The first kappa shape index (κ1) is 17.9. The molecule has 0 radical (unpaired) electrons. The molecule has 1 aliphatic rings. The number of hydrogen-bond donors (Lipinski definition) is 1. The SMILES string of the molecule is CC1(C)CN(Cc2cccc(-c3cccnc3)c2)CCC1N.Cl. The van der Waals surface area contributed by atoms with Crippen molar-refractivity contribution in [3.8, 4) is 11.1 Å². The Hall–Kier alpha value is -1.42. The third-order valence-electron chi connectivity index (χ3n) is 4.72. The van der Waals surface area contributed by atoms with Gasteiger partial charge in [0.05, 0.1) is 0 Å². The lowest BCUT2D eigenvalue weighted by Crippen LogP contribution is -2.52. The molecule has 0 saturated carbocycles. The van der Waals surface area contributed by atoms with Crippen LogP contribution in [-0.2, 0) is 6.54 Å². The topological polar surface area (TPSA) is 42.2 Å². The number of pyridine rings is 1. The number of rotatable bonds is 3. The van der Waals surface area contributed by atoms with E-state index in [0.29, 0.717) is 6.04 Å². The highest BCUT2D eigenvalue weighted by Crippen LogP contribution is 2.29. The Bertz CT molecular complexity index is 628. The second-order valence-electron chi connectivity index (χ2n) is 7.04. The highest BCUT2D eigenvalue weighted by atomic mass is 35.5. The lowest BCUT2D eigenvalue weighted by Gasteiger charge is -2.42. The summed E-state index contributed by atoms with van der Waals surface area (Å²) >= 11 is 0. The minimum Gasteiger partial charge on any atom is -0.327 e. The van der Waals surface area contributed by atoms with Gasteiger partial charge < -0.3 is 5.73 Å². The molecule has 0 bridgehead atoms. The molecule has 1 fully saturated rings. The quantitative estimate of drug-likeness (QED) is 0.931. The second-order valence-corrected chi connectivity index (χ2v) is 7.04. The largest absolute Gasteiger partial charge is 0.327 e. The molecule has 23 heavy (non-hydrogen) atoms. The minimum absolute atomic E-state index is 0. The summed E-state index contributed by atoms with van der Waals surface area (Å²) in [5, 5.41) is 0. The Morgan fingerprint density at radius 2 is 2.00 bits per heavy atom. The Morgan fingerprint density at radius 3 is 2.70 bits per heavy atom. The van der Waals surface area contributed by atoms with E-state index in [0.717, 1.165) is 26.1 Å². The number of aromatic nitrogens is 1. The summed E-state index contributed by atoms with van der Waals surface area (Å²) in [5.74, 6) is 0. The lowest BCUT2D eigenvalue weighted by atomic mass is 9.79. The first-order chi connectivity index (χ1) is 10.5. The molecule has 1 saturated heterocycles. The van der Waals surface area contributed by atoms with Crippen molar-refractivity contribution in [3.05, 3.63) is 54.4 Å². The summed E-state index contributed by atoms with van der Waals surface area (Å²) < 4.78 is 0. The molecule has 124 valence electrons. The van der Waals surface area contributed by atoms with Crippen molar-refractivity contribution in [1.82, 2.24) is 9.88 Å². The third kappa shape index (κ3) is 4.31. The number of piperidine rings is 1. The van der Waals surface area contributed by atoms with Gasteiger partial charge in [-0.3, -0.25) is 9.88 Å². The molecular formula is C19H26ClN3. The Labute approximate surface area is 145 Å². The monoisotopic (exact) mass is 331 g/mol. The van der Waals surface area contributed by atoms with Gasteiger partial charge >= 0.3 is 0 Å². The van der Waals surface area contributed by atoms with Crippen molar-refractivity contribution in [3.63, 3.8) is 0 Å². The lowest BCUT2D eigenvalue weighted by molar-refractivity contribution is 0.0899. The molecule has 3 rings (SSSR count). The number of benzene rings is 1. The molecule has 1 aromatic heterocycles. The third-order valence-corrected chi connectivity index (χ3v) is 4.72. The van der Waals surface area contributed by atoms with Gasteiger partial charge in [-0.05, 0) is 40.7 Å². The standard InChI is InChI=1S/C19H25N3.ClH/c1-19(2)14-22(10-8-18(19)20)13-15-5-3-6-16(11-15)17-7-4-9-21-12-17;/h3-7,9,11-12,18H,8,10,13-14,20H2,1-2H3;1H. The molecule has 3 nitrogen and oxygen atoms in total. The van der Waals surface area contributed by atoms with Crippen LogP contribution in [0, 0.1) is 5.41 Å². The van der Waals surface area contributed by atoms with Gasteiger partial charge in [-0.25, -0.2) is 0 Å². The molecule has 1 atom stereocenters. The molecule has 1 unspecified atom stereocenters. The van der Waals surface area contributed by atoms with E-state index in [9.17, 15) is 0 Å². The molecular weight excluding hydrogens is 306 g/mol. The van der Waals surface area contributed by atoms with Crippen LogP contribution in [0.25, 0.3) is 11.1 Å². The summed E-state index contributed by atoms with van der Waals surface area (Å²) in [4.78, 5) is 6.73. The minimum atomic E-state index is 0. The van der Waals surface area contributed by atoms with E-state index in [1.165, 1.54) is 16.7 Å². The van der Waals surface area contributed by atoms with Crippen LogP contribution < -0.4 is 5.73 Å². The number of halogens is 1. The van der Waals surface area contributed by atoms with Crippen molar-refractivity contribution in [2.45, 2.75) is 32.9 Å². The highest BCUT2D eigenvalue weighted by molar-refractivity contribution is 5.85. The summed E-state index contributed by atoms with van der Waals surface area (Å²) in [6, 6.07) is 13.2. The summed E-state index contributed by atoms with van der Waals surface area (Å²) in [7, 11) is 0. The van der Waals surface area contributed by atoms with Crippen LogP contribution in [0.15, 0.2) is 48.8 Å². The molecule has 0 amide bonds. The fraction of sp³-hybridized carbons (Fsp3) is 0.421. The molecule has 0 aliphatic carbocycles. The zero-order valence-corrected chi connectivity index (χ0v) is 14.7. The molecule has 2 N–H and O–H groups in total. The van der Waals surface area contributed by atoms with Gasteiger partial charge in [-0.1, -0.05) is 38.1 Å². The van der Waals surface area contributed by atoms with Crippen LogP contribution >= 0.6 is 12.4 Å². The van der Waals surface area contributed by atoms with Gasteiger partial charge in [-0.2, -0.15) is 0 Å². The van der Waals surface area contributed by atoms with Crippen LogP contribution in [0.4, 0.5) is 0 Å². The van der Waals surface area contributed by atoms with Crippen LogP contribution in [0.1, 0.15) is 25.8 Å². The normalized spacial score (nSPS) is 20.7. The average Bonchev–Trinajstić information content (AvgIpc) is 2.52. The molecule has 4 heteroatoms. The van der Waals surface area contributed by atoms with Crippen molar-refractivity contribution < 1.29 is 0 Å². The Kier molecular flexibility index (Phi) is 5.79. The van der Waals surface area contributed by atoms with E-state index < -0.39 is 0 Å². The first-order valence-corrected chi connectivity index (χ1v) is 8.02. The molecule has 2 heterocycles. The van der Waals surface area contributed by atoms with Crippen molar-refractivity contribution >= 4 is 12.4 Å². The molecule has 0 spiro atoms. The van der Waals surface area contributed by atoms with Crippen LogP contribution in [0.5, 0.6) is 0 Å². The van der Waals surface area contributed by atoms with E-state index in [4.69, 9.17) is 5.73 Å². The number of hydrogen-bond acceptors (Lipinski definition) is 3. The van der Waals surface area contributed by atoms with E-state index in [1.807, 2.05) is 18.5 Å². The van der Waals surface area contributed by atoms with Crippen molar-refractivity contribution in [1.29, 1.82) is 0 Å². The number of nitrogens with two attached hydrogens (primary N) is 1. The summed E-state index contributed by atoms with van der Waals surface area (Å²) in [6.45, 7) is 7.68. The van der Waals surface area contributed by atoms with Gasteiger partial charge in [0.25, 0.3) is 0 Å². The van der Waals surface area contributed by atoms with Crippen LogP contribution in [-0.4, -0.2) is 29.0 Å². The Balaban J connectivity index is 0.00000192.